The van der Waals surface area contributed by atoms with Crippen LogP contribution in [-0.4, -0.2) is 24.1 Å². The van der Waals surface area contributed by atoms with Crippen LogP contribution in [0.2, 0.25) is 0 Å². The Balaban J connectivity index is 1.48. The first-order valence-electron chi connectivity index (χ1n) is 9.71. The molecule has 2 heterocycles. The molecule has 1 saturated heterocycles. The normalized spacial score (nSPS) is 38.4. The van der Waals surface area contributed by atoms with Crippen LogP contribution >= 0.6 is 0 Å². The van der Waals surface area contributed by atoms with Crippen LogP contribution in [0.4, 0.5) is 0 Å². The number of hydrogen-bond donors (Lipinski definition) is 0. The van der Waals surface area contributed by atoms with Crippen LogP contribution in [0.25, 0.3) is 6.08 Å². The van der Waals surface area contributed by atoms with Crippen molar-refractivity contribution in [1.29, 1.82) is 0 Å². The molecule has 0 spiro atoms. The van der Waals surface area contributed by atoms with E-state index in [1.807, 2.05) is 0 Å². The second-order valence-electron chi connectivity index (χ2n) is 8.44. The van der Waals surface area contributed by atoms with Gasteiger partial charge in [0.2, 0.25) is 0 Å². The molecule has 1 aromatic rings. The SMILES string of the molecule is C=C1C(=O)O[C@@H]2C3[C@@H](C)[C@@H](OC(=O)/C=C/c4ccco4)CC[C@]3(C)CC[C@@H]12. The predicted molar refractivity (Wildman–Crippen MR) is 99.4 cm³/mol. The van der Waals surface area contributed by atoms with Gasteiger partial charge in [0.05, 0.1) is 6.26 Å². The van der Waals surface area contributed by atoms with E-state index < -0.39 is 0 Å². The fourth-order valence-electron chi connectivity index (χ4n) is 5.42. The van der Waals surface area contributed by atoms with E-state index in [1.54, 1.807) is 24.5 Å². The monoisotopic (exact) mass is 370 g/mol. The molecule has 5 nitrogen and oxygen atoms in total. The molecule has 2 aliphatic carbocycles. The van der Waals surface area contributed by atoms with E-state index in [4.69, 9.17) is 13.9 Å². The average molecular weight is 370 g/mol. The van der Waals surface area contributed by atoms with Crippen LogP contribution in [0.1, 0.15) is 45.3 Å². The minimum atomic E-state index is -0.368. The number of esters is 2. The van der Waals surface area contributed by atoms with Crippen LogP contribution in [0, 0.1) is 23.2 Å². The van der Waals surface area contributed by atoms with Crippen LogP contribution in [0.3, 0.4) is 0 Å². The summed E-state index contributed by atoms with van der Waals surface area (Å²) in [4.78, 5) is 24.3. The number of hydrogen-bond acceptors (Lipinski definition) is 5. The summed E-state index contributed by atoms with van der Waals surface area (Å²) in [5.74, 6) is 0.388. The topological polar surface area (TPSA) is 65.7 Å². The van der Waals surface area contributed by atoms with Crippen molar-refractivity contribution >= 4 is 18.0 Å². The van der Waals surface area contributed by atoms with Gasteiger partial charge in [-0.25, -0.2) is 9.59 Å². The summed E-state index contributed by atoms with van der Waals surface area (Å²) in [5, 5.41) is 0. The van der Waals surface area contributed by atoms with Gasteiger partial charge in [-0.2, -0.15) is 0 Å². The van der Waals surface area contributed by atoms with Crippen molar-refractivity contribution in [3.63, 3.8) is 0 Å². The van der Waals surface area contributed by atoms with Crippen LogP contribution in [-0.2, 0) is 19.1 Å². The predicted octanol–water partition coefficient (Wildman–Crippen LogP) is 4.15. The van der Waals surface area contributed by atoms with Gasteiger partial charge in [-0.3, -0.25) is 0 Å². The van der Waals surface area contributed by atoms with Crippen molar-refractivity contribution in [2.45, 2.75) is 51.7 Å². The highest BCUT2D eigenvalue weighted by molar-refractivity contribution is 5.91. The Kier molecular flexibility index (Phi) is 4.49. The summed E-state index contributed by atoms with van der Waals surface area (Å²) in [7, 11) is 0. The Morgan fingerprint density at radius 3 is 2.89 bits per heavy atom. The maximum atomic E-state index is 12.3. The summed E-state index contributed by atoms with van der Waals surface area (Å²) in [6, 6.07) is 3.55. The van der Waals surface area contributed by atoms with Gasteiger partial charge in [-0.1, -0.05) is 20.4 Å². The molecular formula is C22H26O5. The highest BCUT2D eigenvalue weighted by atomic mass is 16.6. The van der Waals surface area contributed by atoms with Gasteiger partial charge >= 0.3 is 11.9 Å². The van der Waals surface area contributed by atoms with E-state index in [2.05, 4.69) is 20.4 Å². The number of furan rings is 1. The van der Waals surface area contributed by atoms with Crippen molar-refractivity contribution in [2.75, 3.05) is 0 Å². The molecule has 2 saturated carbocycles. The second kappa shape index (κ2) is 6.70. The molecule has 0 radical (unpaired) electrons. The molecule has 144 valence electrons. The fourth-order valence-corrected chi connectivity index (χ4v) is 5.42. The highest BCUT2D eigenvalue weighted by Gasteiger charge is 2.58. The first kappa shape index (κ1) is 18.1. The molecule has 3 aliphatic rings. The lowest BCUT2D eigenvalue weighted by Crippen LogP contribution is -2.53. The van der Waals surface area contributed by atoms with Crippen molar-refractivity contribution < 1.29 is 23.5 Å². The minimum absolute atomic E-state index is 0.103. The number of fused-ring (bicyclic) bond motifs is 3. The zero-order valence-electron chi connectivity index (χ0n) is 15.9. The maximum absolute atomic E-state index is 12.3. The summed E-state index contributed by atoms with van der Waals surface area (Å²) < 4.78 is 16.7. The van der Waals surface area contributed by atoms with Crippen LogP contribution in [0.15, 0.2) is 41.0 Å². The lowest BCUT2D eigenvalue weighted by atomic mass is 9.53. The average Bonchev–Trinajstić information content (AvgIpc) is 3.24. The first-order chi connectivity index (χ1) is 12.9. The fraction of sp³-hybridized carbons (Fsp3) is 0.545. The van der Waals surface area contributed by atoms with Gasteiger partial charge in [0.25, 0.3) is 0 Å². The molecule has 0 N–H and O–H groups in total. The minimum Gasteiger partial charge on any atom is -0.465 e. The molecule has 6 atom stereocenters. The summed E-state index contributed by atoms with van der Waals surface area (Å²) >= 11 is 0. The first-order valence-corrected chi connectivity index (χ1v) is 9.71. The Morgan fingerprint density at radius 2 is 2.15 bits per heavy atom. The molecule has 27 heavy (non-hydrogen) atoms. The molecule has 0 amide bonds. The van der Waals surface area contributed by atoms with Crippen molar-refractivity contribution in [2.24, 2.45) is 23.2 Å². The summed E-state index contributed by atoms with van der Waals surface area (Å²) in [6.45, 7) is 8.35. The van der Waals surface area contributed by atoms with E-state index in [0.717, 1.165) is 25.7 Å². The Morgan fingerprint density at radius 1 is 1.37 bits per heavy atom. The summed E-state index contributed by atoms with van der Waals surface area (Å²) in [5.41, 5.74) is 0.716. The van der Waals surface area contributed by atoms with Gasteiger partial charge in [0.1, 0.15) is 18.0 Å². The zero-order chi connectivity index (χ0) is 19.2. The maximum Gasteiger partial charge on any atom is 0.334 e. The lowest BCUT2D eigenvalue weighted by molar-refractivity contribution is -0.171. The van der Waals surface area contributed by atoms with Gasteiger partial charge in [0.15, 0.2) is 0 Å². The van der Waals surface area contributed by atoms with Crippen LogP contribution in [0.5, 0.6) is 0 Å². The van der Waals surface area contributed by atoms with E-state index in [1.165, 1.54) is 6.08 Å². The third kappa shape index (κ3) is 3.13. The van der Waals surface area contributed by atoms with Crippen LogP contribution < -0.4 is 0 Å². The molecule has 1 aliphatic heterocycles. The molecule has 0 bridgehead atoms. The number of carbonyl (C=O) groups is 2. The smallest absolute Gasteiger partial charge is 0.334 e. The van der Waals surface area contributed by atoms with Gasteiger partial charge in [-0.15, -0.1) is 0 Å². The van der Waals surface area contributed by atoms with Gasteiger partial charge in [-0.05, 0) is 49.3 Å². The molecule has 4 rings (SSSR count). The summed E-state index contributed by atoms with van der Waals surface area (Å²) in [6.07, 6.45) is 8.06. The van der Waals surface area contributed by atoms with E-state index >= 15 is 0 Å². The number of ether oxygens (including phenoxy) is 2. The van der Waals surface area contributed by atoms with Gasteiger partial charge < -0.3 is 13.9 Å². The lowest BCUT2D eigenvalue weighted by Gasteiger charge is -2.53. The van der Waals surface area contributed by atoms with E-state index in [9.17, 15) is 9.59 Å². The molecule has 5 heteroatoms. The Bertz CT molecular complexity index is 777. The molecule has 1 aromatic heterocycles. The Labute approximate surface area is 159 Å². The number of rotatable bonds is 3. The standard InChI is InChI=1S/C22H26O5/c1-13-16-8-10-22(3)11-9-17(14(2)19(22)20(16)27-21(13)24)26-18(23)7-6-15-5-4-12-25-15/h4-7,12,14,16-17,19-20H,1,8-11H2,2-3H3/b7-6+/t14-,16-,17-,19?,20-,22-/m0/s1. The Hall–Kier alpha value is -2.30. The number of carbonyl (C=O) groups excluding carboxylic acids is 2. The third-order valence-electron chi connectivity index (χ3n) is 6.88. The third-order valence-corrected chi connectivity index (χ3v) is 6.88. The molecular weight excluding hydrogens is 344 g/mol. The molecule has 0 aromatic carbocycles. The van der Waals surface area contributed by atoms with Crippen molar-refractivity contribution in [3.05, 3.63) is 42.4 Å². The quantitative estimate of drug-likeness (QED) is 0.591. The molecule has 3 fully saturated rings. The van der Waals surface area contributed by atoms with E-state index in [0.29, 0.717) is 11.3 Å². The van der Waals surface area contributed by atoms with E-state index in [-0.39, 0.29) is 47.3 Å². The second-order valence-corrected chi connectivity index (χ2v) is 8.44. The van der Waals surface area contributed by atoms with Crippen molar-refractivity contribution in [1.82, 2.24) is 0 Å². The highest BCUT2D eigenvalue weighted by Crippen LogP contribution is 2.57. The van der Waals surface area contributed by atoms with Crippen molar-refractivity contribution in [3.8, 4) is 0 Å². The largest absolute Gasteiger partial charge is 0.465 e. The van der Waals surface area contributed by atoms with Gasteiger partial charge in [0, 0.05) is 29.4 Å². The zero-order valence-corrected chi connectivity index (χ0v) is 15.9. The molecule has 1 unspecified atom stereocenters.